The van der Waals surface area contributed by atoms with Gasteiger partial charge in [-0.3, -0.25) is 0 Å². The number of aliphatic hydroxyl groups excluding tert-OH is 1. The van der Waals surface area contributed by atoms with E-state index in [1.807, 2.05) is 19.1 Å². The van der Waals surface area contributed by atoms with Crippen molar-refractivity contribution in [3.8, 4) is 0 Å². The third-order valence-corrected chi connectivity index (χ3v) is 4.58. The molecule has 100 valence electrons. The number of hydrogen-bond acceptors (Lipinski definition) is 2. The summed E-state index contributed by atoms with van der Waals surface area (Å²) in [7, 11) is 1.68. The fourth-order valence-corrected chi connectivity index (χ4v) is 2.63. The second-order valence-electron chi connectivity index (χ2n) is 5.53. The zero-order valence-electron chi connectivity index (χ0n) is 11.6. The van der Waals surface area contributed by atoms with Crippen LogP contribution in [0.5, 0.6) is 0 Å². The number of methoxy groups -OCH3 is 1. The number of benzene rings is 1. The highest BCUT2D eigenvalue weighted by Crippen LogP contribution is 2.42. The normalized spacial score (nSPS) is 21.1. The molecule has 1 aromatic carbocycles. The lowest BCUT2D eigenvalue weighted by molar-refractivity contribution is -0.0948. The van der Waals surface area contributed by atoms with E-state index in [0.29, 0.717) is 5.92 Å². The predicted molar refractivity (Wildman–Crippen MR) is 73.7 cm³/mol. The van der Waals surface area contributed by atoms with Gasteiger partial charge in [0, 0.05) is 7.11 Å². The van der Waals surface area contributed by atoms with Gasteiger partial charge in [-0.25, -0.2) is 0 Å². The van der Waals surface area contributed by atoms with E-state index >= 15 is 0 Å². The number of hydrogen-bond donors (Lipinski definition) is 1. The Hall–Kier alpha value is -0.860. The Morgan fingerprint density at radius 1 is 1.39 bits per heavy atom. The van der Waals surface area contributed by atoms with Gasteiger partial charge in [-0.05, 0) is 43.2 Å². The van der Waals surface area contributed by atoms with Gasteiger partial charge in [0.2, 0.25) is 0 Å². The van der Waals surface area contributed by atoms with Gasteiger partial charge in [0.05, 0.1) is 5.60 Å². The molecular weight excluding hydrogens is 224 g/mol. The number of ether oxygens (including phenoxy) is 1. The molecule has 0 saturated heterocycles. The third-order valence-electron chi connectivity index (χ3n) is 4.58. The molecule has 2 atom stereocenters. The van der Waals surface area contributed by atoms with Crippen LogP contribution in [0, 0.1) is 0 Å². The molecule has 0 radical (unpaired) electrons. The SMILES string of the molecule is CCC(C)(OC)C(O)c1ccccc1C1CCC1. The highest BCUT2D eigenvalue weighted by Gasteiger charge is 2.35. The second-order valence-corrected chi connectivity index (χ2v) is 5.53. The smallest absolute Gasteiger partial charge is 0.108 e. The molecule has 2 unspecified atom stereocenters. The first kappa shape index (κ1) is 13.6. The molecule has 18 heavy (non-hydrogen) atoms. The van der Waals surface area contributed by atoms with Crippen molar-refractivity contribution in [3.05, 3.63) is 35.4 Å². The van der Waals surface area contributed by atoms with Crippen LogP contribution in [-0.2, 0) is 4.74 Å². The maximum atomic E-state index is 10.7. The van der Waals surface area contributed by atoms with Crippen LogP contribution < -0.4 is 0 Å². The third kappa shape index (κ3) is 2.32. The summed E-state index contributed by atoms with van der Waals surface area (Å²) in [4.78, 5) is 0. The maximum absolute atomic E-state index is 10.7. The molecule has 2 heteroatoms. The molecule has 0 spiro atoms. The van der Waals surface area contributed by atoms with Crippen LogP contribution in [0.25, 0.3) is 0 Å². The van der Waals surface area contributed by atoms with E-state index in [4.69, 9.17) is 4.74 Å². The largest absolute Gasteiger partial charge is 0.385 e. The van der Waals surface area contributed by atoms with E-state index in [2.05, 4.69) is 19.1 Å². The van der Waals surface area contributed by atoms with Gasteiger partial charge in [0.1, 0.15) is 6.10 Å². The second kappa shape index (κ2) is 5.41. The van der Waals surface area contributed by atoms with E-state index in [1.54, 1.807) is 7.11 Å². The minimum absolute atomic E-state index is 0.500. The topological polar surface area (TPSA) is 29.5 Å². The number of aliphatic hydroxyl groups is 1. The van der Waals surface area contributed by atoms with E-state index in [0.717, 1.165) is 12.0 Å². The highest BCUT2D eigenvalue weighted by atomic mass is 16.5. The lowest BCUT2D eigenvalue weighted by Gasteiger charge is -2.36. The minimum Gasteiger partial charge on any atom is -0.385 e. The Morgan fingerprint density at radius 2 is 2.06 bits per heavy atom. The molecule has 0 heterocycles. The highest BCUT2D eigenvalue weighted by molar-refractivity contribution is 5.34. The predicted octanol–water partition coefficient (Wildman–Crippen LogP) is 3.80. The molecule has 0 aliphatic heterocycles. The van der Waals surface area contributed by atoms with E-state index < -0.39 is 11.7 Å². The Morgan fingerprint density at radius 3 is 2.56 bits per heavy atom. The Bertz CT molecular complexity index is 392. The van der Waals surface area contributed by atoms with Crippen LogP contribution >= 0.6 is 0 Å². The van der Waals surface area contributed by atoms with Crippen LogP contribution in [0.4, 0.5) is 0 Å². The van der Waals surface area contributed by atoms with Crippen LogP contribution in [-0.4, -0.2) is 17.8 Å². The van der Waals surface area contributed by atoms with Gasteiger partial charge in [-0.2, -0.15) is 0 Å². The van der Waals surface area contributed by atoms with Crippen molar-refractivity contribution in [3.63, 3.8) is 0 Å². The van der Waals surface area contributed by atoms with Gasteiger partial charge in [-0.1, -0.05) is 37.6 Å². The molecule has 1 N–H and O–H groups in total. The zero-order chi connectivity index (χ0) is 13.2. The molecule has 1 aromatic rings. The standard InChI is InChI=1S/C16H24O2/c1-4-16(2,18-3)15(17)14-11-6-5-10-13(14)12-8-7-9-12/h5-6,10-12,15,17H,4,7-9H2,1-3H3. The van der Waals surface area contributed by atoms with Crippen molar-refractivity contribution >= 4 is 0 Å². The first-order chi connectivity index (χ1) is 8.62. The monoisotopic (exact) mass is 248 g/mol. The molecular formula is C16H24O2. The summed E-state index contributed by atoms with van der Waals surface area (Å²) in [5.74, 6) is 0.633. The molecule has 1 aliphatic carbocycles. The van der Waals surface area contributed by atoms with E-state index in [1.165, 1.54) is 24.8 Å². The van der Waals surface area contributed by atoms with Crippen LogP contribution in [0.2, 0.25) is 0 Å². The molecule has 1 saturated carbocycles. The molecule has 1 fully saturated rings. The first-order valence-electron chi connectivity index (χ1n) is 6.94. The summed E-state index contributed by atoms with van der Waals surface area (Å²) in [6.45, 7) is 4.04. The minimum atomic E-state index is -0.552. The molecule has 2 rings (SSSR count). The lowest BCUT2D eigenvalue weighted by atomic mass is 9.75. The van der Waals surface area contributed by atoms with Crippen molar-refractivity contribution in [2.24, 2.45) is 0 Å². The van der Waals surface area contributed by atoms with Gasteiger partial charge < -0.3 is 9.84 Å². The first-order valence-corrected chi connectivity index (χ1v) is 6.94. The number of rotatable bonds is 5. The van der Waals surface area contributed by atoms with E-state index in [9.17, 15) is 5.11 Å². The Labute approximate surface area is 110 Å². The van der Waals surface area contributed by atoms with Crippen LogP contribution in [0.1, 0.15) is 62.7 Å². The Kier molecular flexibility index (Phi) is 4.08. The van der Waals surface area contributed by atoms with Crippen molar-refractivity contribution in [2.75, 3.05) is 7.11 Å². The lowest BCUT2D eigenvalue weighted by Crippen LogP contribution is -2.35. The summed E-state index contributed by atoms with van der Waals surface area (Å²) in [6.07, 6.45) is 4.05. The van der Waals surface area contributed by atoms with Crippen molar-refractivity contribution in [1.29, 1.82) is 0 Å². The molecule has 0 bridgehead atoms. The van der Waals surface area contributed by atoms with Gasteiger partial charge >= 0.3 is 0 Å². The molecule has 0 amide bonds. The van der Waals surface area contributed by atoms with Gasteiger partial charge in [-0.15, -0.1) is 0 Å². The molecule has 0 aromatic heterocycles. The van der Waals surface area contributed by atoms with Crippen molar-refractivity contribution < 1.29 is 9.84 Å². The van der Waals surface area contributed by atoms with Gasteiger partial charge in [0.15, 0.2) is 0 Å². The molecule has 2 nitrogen and oxygen atoms in total. The average molecular weight is 248 g/mol. The fraction of sp³-hybridized carbons (Fsp3) is 0.625. The van der Waals surface area contributed by atoms with Gasteiger partial charge in [0.25, 0.3) is 0 Å². The maximum Gasteiger partial charge on any atom is 0.108 e. The van der Waals surface area contributed by atoms with Crippen LogP contribution in [0.15, 0.2) is 24.3 Å². The summed E-state index contributed by atoms with van der Waals surface area (Å²) >= 11 is 0. The van der Waals surface area contributed by atoms with Crippen LogP contribution in [0.3, 0.4) is 0 Å². The Balaban J connectivity index is 2.32. The van der Waals surface area contributed by atoms with Crippen molar-refractivity contribution in [2.45, 2.75) is 57.2 Å². The fourth-order valence-electron chi connectivity index (χ4n) is 2.63. The summed E-state index contributed by atoms with van der Waals surface area (Å²) in [6, 6.07) is 8.28. The summed E-state index contributed by atoms with van der Waals surface area (Å²) < 4.78 is 5.54. The summed E-state index contributed by atoms with van der Waals surface area (Å²) in [5.41, 5.74) is 1.86. The molecule has 1 aliphatic rings. The zero-order valence-corrected chi connectivity index (χ0v) is 11.6. The quantitative estimate of drug-likeness (QED) is 0.858. The average Bonchev–Trinajstić information content (AvgIpc) is 2.36. The van der Waals surface area contributed by atoms with Crippen molar-refractivity contribution in [1.82, 2.24) is 0 Å². The summed E-state index contributed by atoms with van der Waals surface area (Å²) in [5, 5.41) is 10.7. The van der Waals surface area contributed by atoms with E-state index in [-0.39, 0.29) is 0 Å².